The van der Waals surface area contributed by atoms with Gasteiger partial charge in [-0.25, -0.2) is 4.98 Å². The Bertz CT molecular complexity index is 823. The molecule has 4 nitrogen and oxygen atoms in total. The van der Waals surface area contributed by atoms with Crippen LogP contribution in [0.5, 0.6) is 5.75 Å². The third-order valence-corrected chi connectivity index (χ3v) is 4.55. The molecular weight excluding hydrogens is 324 g/mol. The molecular formula is C19H19ClN2O2. The summed E-state index contributed by atoms with van der Waals surface area (Å²) in [6, 6.07) is 15.6. The zero-order valence-electron chi connectivity index (χ0n) is 13.3. The highest BCUT2D eigenvalue weighted by molar-refractivity contribution is 6.30. The molecule has 124 valence electrons. The lowest BCUT2D eigenvalue weighted by atomic mass is 10.2. The van der Waals surface area contributed by atoms with Crippen molar-refractivity contribution < 1.29 is 9.47 Å². The van der Waals surface area contributed by atoms with Crippen LogP contribution in [0.15, 0.2) is 48.5 Å². The van der Waals surface area contributed by atoms with E-state index in [0.717, 1.165) is 48.6 Å². The minimum atomic E-state index is 0.0907. The first-order chi connectivity index (χ1) is 11.8. The van der Waals surface area contributed by atoms with Gasteiger partial charge in [0, 0.05) is 11.6 Å². The van der Waals surface area contributed by atoms with E-state index >= 15 is 0 Å². The number of rotatable bonds is 5. The summed E-state index contributed by atoms with van der Waals surface area (Å²) in [4.78, 5) is 4.80. The molecule has 1 atom stereocenters. The van der Waals surface area contributed by atoms with Crippen LogP contribution in [0.2, 0.25) is 5.02 Å². The number of nitrogens with zero attached hydrogens (tertiary/aromatic N) is 2. The van der Waals surface area contributed by atoms with Crippen LogP contribution in [0.3, 0.4) is 0 Å². The lowest BCUT2D eigenvalue weighted by Gasteiger charge is -2.14. The van der Waals surface area contributed by atoms with E-state index in [0.29, 0.717) is 11.6 Å². The summed E-state index contributed by atoms with van der Waals surface area (Å²) in [6.07, 6.45) is 2.21. The van der Waals surface area contributed by atoms with E-state index in [1.165, 1.54) is 0 Å². The zero-order chi connectivity index (χ0) is 16.4. The average molecular weight is 343 g/mol. The van der Waals surface area contributed by atoms with Crippen molar-refractivity contribution in [3.8, 4) is 5.75 Å². The standard InChI is InChI=1S/C19H19ClN2O2/c20-14-7-9-15(10-8-14)23-13-11-22-17-5-2-1-4-16(17)21-19(22)18-6-3-12-24-18/h1-2,4-5,7-10,18H,3,6,11-13H2. The number of fused-ring (bicyclic) bond motifs is 1. The molecule has 24 heavy (non-hydrogen) atoms. The zero-order valence-corrected chi connectivity index (χ0v) is 14.1. The van der Waals surface area contributed by atoms with Gasteiger partial charge in [-0.15, -0.1) is 0 Å². The second kappa shape index (κ2) is 6.83. The molecule has 1 unspecified atom stereocenters. The molecule has 1 aromatic heterocycles. The Morgan fingerprint density at radius 3 is 2.79 bits per heavy atom. The van der Waals surface area contributed by atoms with Gasteiger partial charge in [-0.1, -0.05) is 23.7 Å². The Balaban J connectivity index is 1.55. The van der Waals surface area contributed by atoms with Crippen LogP contribution in [-0.4, -0.2) is 22.8 Å². The molecule has 0 amide bonds. The predicted octanol–water partition coefficient (Wildman–Crippen LogP) is 4.62. The molecule has 4 rings (SSSR count). The van der Waals surface area contributed by atoms with Crippen molar-refractivity contribution in [2.24, 2.45) is 0 Å². The van der Waals surface area contributed by atoms with Crippen molar-refractivity contribution in [2.45, 2.75) is 25.5 Å². The van der Waals surface area contributed by atoms with E-state index < -0.39 is 0 Å². The third-order valence-electron chi connectivity index (χ3n) is 4.30. The van der Waals surface area contributed by atoms with Crippen molar-refractivity contribution in [1.82, 2.24) is 9.55 Å². The number of para-hydroxylation sites is 2. The van der Waals surface area contributed by atoms with E-state index in [9.17, 15) is 0 Å². The molecule has 2 heterocycles. The minimum Gasteiger partial charge on any atom is -0.492 e. The fourth-order valence-electron chi connectivity index (χ4n) is 3.14. The molecule has 0 radical (unpaired) electrons. The average Bonchev–Trinajstić information content (AvgIpc) is 3.24. The van der Waals surface area contributed by atoms with E-state index in [1.54, 1.807) is 0 Å². The summed E-state index contributed by atoms with van der Waals surface area (Å²) >= 11 is 5.90. The molecule has 0 saturated carbocycles. The molecule has 0 spiro atoms. The van der Waals surface area contributed by atoms with E-state index in [4.69, 9.17) is 26.1 Å². The Kier molecular flexibility index (Phi) is 4.41. The van der Waals surface area contributed by atoms with Crippen LogP contribution >= 0.6 is 11.6 Å². The summed E-state index contributed by atoms with van der Waals surface area (Å²) < 4.78 is 13.9. The number of benzene rings is 2. The number of hydrogen-bond acceptors (Lipinski definition) is 3. The van der Waals surface area contributed by atoms with Crippen molar-refractivity contribution in [2.75, 3.05) is 13.2 Å². The Morgan fingerprint density at radius 2 is 2.00 bits per heavy atom. The van der Waals surface area contributed by atoms with Crippen molar-refractivity contribution in [3.05, 3.63) is 59.4 Å². The van der Waals surface area contributed by atoms with Gasteiger partial charge in [0.15, 0.2) is 0 Å². The summed E-state index contributed by atoms with van der Waals surface area (Å²) in [7, 11) is 0. The largest absolute Gasteiger partial charge is 0.492 e. The monoisotopic (exact) mass is 342 g/mol. The number of ether oxygens (including phenoxy) is 2. The quantitative estimate of drug-likeness (QED) is 0.678. The van der Waals surface area contributed by atoms with E-state index in [-0.39, 0.29) is 6.10 Å². The van der Waals surface area contributed by atoms with Gasteiger partial charge in [0.2, 0.25) is 0 Å². The fraction of sp³-hybridized carbons (Fsp3) is 0.316. The first kappa shape index (κ1) is 15.5. The van der Waals surface area contributed by atoms with Gasteiger partial charge < -0.3 is 14.0 Å². The van der Waals surface area contributed by atoms with Crippen molar-refractivity contribution in [1.29, 1.82) is 0 Å². The maximum absolute atomic E-state index is 5.90. The second-order valence-corrected chi connectivity index (χ2v) is 6.35. The molecule has 0 aliphatic carbocycles. The lowest BCUT2D eigenvalue weighted by molar-refractivity contribution is 0.101. The van der Waals surface area contributed by atoms with Crippen molar-refractivity contribution in [3.63, 3.8) is 0 Å². The minimum absolute atomic E-state index is 0.0907. The summed E-state index contributed by atoms with van der Waals surface area (Å²) in [5.74, 6) is 1.83. The van der Waals surface area contributed by atoms with Crippen LogP contribution in [0.25, 0.3) is 11.0 Å². The molecule has 0 bridgehead atoms. The Hall–Kier alpha value is -2.04. The third kappa shape index (κ3) is 3.12. The van der Waals surface area contributed by atoms with E-state index in [2.05, 4.69) is 10.6 Å². The highest BCUT2D eigenvalue weighted by Crippen LogP contribution is 2.30. The molecule has 5 heteroatoms. The maximum atomic E-state index is 5.90. The molecule has 2 aromatic carbocycles. The van der Waals surface area contributed by atoms with Crippen LogP contribution in [0, 0.1) is 0 Å². The number of halogens is 1. The van der Waals surface area contributed by atoms with Crippen LogP contribution in [-0.2, 0) is 11.3 Å². The first-order valence-corrected chi connectivity index (χ1v) is 8.64. The lowest BCUT2D eigenvalue weighted by Crippen LogP contribution is -2.13. The molecule has 1 saturated heterocycles. The second-order valence-electron chi connectivity index (χ2n) is 5.91. The topological polar surface area (TPSA) is 36.3 Å². The number of hydrogen-bond donors (Lipinski definition) is 0. The molecule has 3 aromatic rings. The smallest absolute Gasteiger partial charge is 0.139 e. The normalized spacial score (nSPS) is 17.5. The van der Waals surface area contributed by atoms with Gasteiger partial charge >= 0.3 is 0 Å². The van der Waals surface area contributed by atoms with E-state index in [1.807, 2.05) is 42.5 Å². The van der Waals surface area contributed by atoms with Gasteiger partial charge in [-0.05, 0) is 49.2 Å². The summed E-state index contributed by atoms with van der Waals surface area (Å²) in [5, 5.41) is 0.712. The van der Waals surface area contributed by atoms with Gasteiger partial charge in [0.25, 0.3) is 0 Å². The van der Waals surface area contributed by atoms with Gasteiger partial charge in [-0.2, -0.15) is 0 Å². The van der Waals surface area contributed by atoms with Gasteiger partial charge in [0.1, 0.15) is 24.3 Å². The first-order valence-electron chi connectivity index (χ1n) is 8.26. The number of imidazole rings is 1. The molecule has 1 aliphatic heterocycles. The highest BCUT2D eigenvalue weighted by atomic mass is 35.5. The highest BCUT2D eigenvalue weighted by Gasteiger charge is 2.24. The Labute approximate surface area is 146 Å². The van der Waals surface area contributed by atoms with Crippen molar-refractivity contribution >= 4 is 22.6 Å². The molecule has 0 N–H and O–H groups in total. The van der Waals surface area contributed by atoms with Crippen LogP contribution in [0.4, 0.5) is 0 Å². The fourth-order valence-corrected chi connectivity index (χ4v) is 3.27. The van der Waals surface area contributed by atoms with Gasteiger partial charge in [0.05, 0.1) is 17.6 Å². The summed E-state index contributed by atoms with van der Waals surface area (Å²) in [6.45, 7) is 2.12. The van der Waals surface area contributed by atoms with Crippen LogP contribution in [0.1, 0.15) is 24.8 Å². The number of aromatic nitrogens is 2. The predicted molar refractivity (Wildman–Crippen MR) is 94.6 cm³/mol. The molecule has 1 aliphatic rings. The maximum Gasteiger partial charge on any atom is 0.139 e. The van der Waals surface area contributed by atoms with Crippen LogP contribution < -0.4 is 4.74 Å². The Morgan fingerprint density at radius 1 is 1.17 bits per heavy atom. The summed E-state index contributed by atoms with van der Waals surface area (Å²) in [5.41, 5.74) is 2.14. The molecule has 1 fully saturated rings. The SMILES string of the molecule is Clc1ccc(OCCn2c(C3CCCO3)nc3ccccc32)cc1. The van der Waals surface area contributed by atoms with Gasteiger partial charge in [-0.3, -0.25) is 0 Å².